The molecule has 4 rings (SSSR count). The van der Waals surface area contributed by atoms with Gasteiger partial charge in [0, 0.05) is 10.7 Å². The predicted octanol–water partition coefficient (Wildman–Crippen LogP) is 4.27. The molecule has 0 saturated carbocycles. The third-order valence-electron chi connectivity index (χ3n) is 3.90. The Bertz CT molecular complexity index is 858. The summed E-state index contributed by atoms with van der Waals surface area (Å²) in [5.74, 6) is 0.642. The Morgan fingerprint density at radius 3 is 3.05 bits per heavy atom. The highest BCUT2D eigenvalue weighted by Crippen LogP contribution is 2.37. The summed E-state index contributed by atoms with van der Waals surface area (Å²) in [7, 11) is 0. The Hall–Kier alpha value is -2.46. The standard InChI is InChI=1S/C17H14ClN3O/c1-11-21(14-5-6-15-16(8-14)20-10-19-15)17(9-22-11)12-3-2-4-13(18)7-12/h2-8,10,17H,1,9H2,(H,19,20)/t17-/m1/s1. The van der Waals surface area contributed by atoms with Crippen LogP contribution in [0.5, 0.6) is 0 Å². The summed E-state index contributed by atoms with van der Waals surface area (Å²) in [5.41, 5.74) is 4.05. The summed E-state index contributed by atoms with van der Waals surface area (Å²) in [5, 5.41) is 0.721. The summed E-state index contributed by atoms with van der Waals surface area (Å²) >= 11 is 6.12. The van der Waals surface area contributed by atoms with Crippen LogP contribution >= 0.6 is 11.6 Å². The Balaban J connectivity index is 1.78. The third kappa shape index (κ3) is 2.12. The van der Waals surface area contributed by atoms with Crippen molar-refractivity contribution in [2.45, 2.75) is 6.04 Å². The molecule has 0 radical (unpaired) electrons. The van der Waals surface area contributed by atoms with Crippen molar-refractivity contribution in [2.75, 3.05) is 11.5 Å². The van der Waals surface area contributed by atoms with Crippen LogP contribution in [0.15, 0.2) is 61.3 Å². The molecule has 1 aromatic heterocycles. The number of halogens is 1. The SMILES string of the molecule is C=C1OC[C@H](c2cccc(Cl)c2)N1c1ccc2nc[nH]c2c1. The van der Waals surface area contributed by atoms with E-state index in [1.54, 1.807) is 6.33 Å². The lowest BCUT2D eigenvalue weighted by molar-refractivity contribution is 0.257. The first-order chi connectivity index (χ1) is 10.7. The number of fused-ring (bicyclic) bond motifs is 1. The number of ether oxygens (including phenoxy) is 1. The van der Waals surface area contributed by atoms with Gasteiger partial charge in [-0.3, -0.25) is 0 Å². The van der Waals surface area contributed by atoms with Crippen molar-refractivity contribution in [3.63, 3.8) is 0 Å². The van der Waals surface area contributed by atoms with E-state index in [0.717, 1.165) is 27.3 Å². The molecule has 1 N–H and O–H groups in total. The zero-order valence-corrected chi connectivity index (χ0v) is 12.5. The van der Waals surface area contributed by atoms with Gasteiger partial charge in [-0.1, -0.05) is 23.7 Å². The van der Waals surface area contributed by atoms with Gasteiger partial charge in [0.2, 0.25) is 0 Å². The molecule has 1 aliphatic heterocycles. The number of benzene rings is 2. The molecule has 22 heavy (non-hydrogen) atoms. The Morgan fingerprint density at radius 1 is 1.27 bits per heavy atom. The average Bonchev–Trinajstić information content (AvgIpc) is 3.12. The number of imidazole rings is 1. The van der Waals surface area contributed by atoms with Gasteiger partial charge < -0.3 is 14.6 Å². The molecular formula is C17H14ClN3O. The Kier molecular flexibility index (Phi) is 3.05. The molecule has 2 aromatic carbocycles. The van der Waals surface area contributed by atoms with Gasteiger partial charge in [0.05, 0.1) is 23.4 Å². The van der Waals surface area contributed by atoms with Crippen LogP contribution in [0.4, 0.5) is 5.69 Å². The normalized spacial score (nSPS) is 18.0. The summed E-state index contributed by atoms with van der Waals surface area (Å²) < 4.78 is 5.68. The van der Waals surface area contributed by atoms with Crippen molar-refractivity contribution in [3.05, 3.63) is 71.8 Å². The molecule has 3 aromatic rings. The monoisotopic (exact) mass is 311 g/mol. The largest absolute Gasteiger partial charge is 0.477 e. The van der Waals surface area contributed by atoms with Gasteiger partial charge in [0.25, 0.3) is 0 Å². The molecule has 1 saturated heterocycles. The van der Waals surface area contributed by atoms with Crippen LogP contribution in [-0.2, 0) is 4.74 Å². The maximum absolute atomic E-state index is 6.12. The molecule has 0 spiro atoms. The quantitative estimate of drug-likeness (QED) is 0.768. The first-order valence-corrected chi connectivity index (χ1v) is 7.40. The van der Waals surface area contributed by atoms with Crippen LogP contribution in [0.3, 0.4) is 0 Å². The lowest BCUT2D eigenvalue weighted by Crippen LogP contribution is -2.22. The fourth-order valence-electron chi connectivity index (χ4n) is 2.85. The zero-order chi connectivity index (χ0) is 15.1. The fraction of sp³-hybridized carbons (Fsp3) is 0.118. The molecule has 0 bridgehead atoms. The molecule has 0 unspecified atom stereocenters. The number of aromatic amines is 1. The van der Waals surface area contributed by atoms with E-state index in [2.05, 4.69) is 33.6 Å². The lowest BCUT2D eigenvalue weighted by Gasteiger charge is -2.24. The van der Waals surface area contributed by atoms with Gasteiger partial charge in [0.1, 0.15) is 6.61 Å². The van der Waals surface area contributed by atoms with Gasteiger partial charge in [0.15, 0.2) is 5.88 Å². The van der Waals surface area contributed by atoms with Crippen LogP contribution in [0.25, 0.3) is 11.0 Å². The first-order valence-electron chi connectivity index (χ1n) is 7.02. The van der Waals surface area contributed by atoms with E-state index in [0.29, 0.717) is 12.5 Å². The van der Waals surface area contributed by atoms with Crippen molar-refractivity contribution in [1.29, 1.82) is 0 Å². The predicted molar refractivity (Wildman–Crippen MR) is 87.9 cm³/mol. The van der Waals surface area contributed by atoms with Crippen molar-refractivity contribution in [2.24, 2.45) is 0 Å². The highest BCUT2D eigenvalue weighted by atomic mass is 35.5. The molecule has 1 aliphatic rings. The molecule has 0 aliphatic carbocycles. The summed E-state index contributed by atoms with van der Waals surface area (Å²) in [6, 6.07) is 14.0. The van der Waals surface area contributed by atoms with Gasteiger partial charge in [-0.25, -0.2) is 4.98 Å². The first kappa shape index (κ1) is 13.2. The highest BCUT2D eigenvalue weighted by Gasteiger charge is 2.31. The number of rotatable bonds is 2. The molecule has 0 amide bonds. The number of aromatic nitrogens is 2. The molecule has 1 atom stereocenters. The van der Waals surface area contributed by atoms with E-state index in [4.69, 9.17) is 16.3 Å². The number of nitrogens with zero attached hydrogens (tertiary/aromatic N) is 2. The smallest absolute Gasteiger partial charge is 0.187 e. The fourth-order valence-corrected chi connectivity index (χ4v) is 3.05. The number of anilines is 1. The topological polar surface area (TPSA) is 41.1 Å². The maximum Gasteiger partial charge on any atom is 0.187 e. The average molecular weight is 312 g/mol. The van der Waals surface area contributed by atoms with Gasteiger partial charge in [-0.2, -0.15) is 0 Å². The lowest BCUT2D eigenvalue weighted by atomic mass is 10.1. The van der Waals surface area contributed by atoms with Crippen LogP contribution in [0, 0.1) is 0 Å². The second-order valence-corrected chi connectivity index (χ2v) is 5.69. The minimum atomic E-state index is 0.0616. The van der Waals surface area contributed by atoms with Crippen molar-refractivity contribution < 1.29 is 4.74 Å². The molecule has 5 heteroatoms. The van der Waals surface area contributed by atoms with Crippen LogP contribution in [0.2, 0.25) is 5.02 Å². The van der Waals surface area contributed by atoms with Crippen molar-refractivity contribution in [1.82, 2.24) is 9.97 Å². The number of H-pyrrole nitrogens is 1. The van der Waals surface area contributed by atoms with Crippen LogP contribution in [0.1, 0.15) is 11.6 Å². The van der Waals surface area contributed by atoms with Crippen molar-refractivity contribution >= 4 is 28.3 Å². The van der Waals surface area contributed by atoms with E-state index >= 15 is 0 Å². The molecular weight excluding hydrogens is 298 g/mol. The van der Waals surface area contributed by atoms with E-state index in [1.807, 2.05) is 30.3 Å². The minimum absolute atomic E-state index is 0.0616. The Morgan fingerprint density at radius 2 is 2.18 bits per heavy atom. The summed E-state index contributed by atoms with van der Waals surface area (Å²) in [6.45, 7) is 4.58. The third-order valence-corrected chi connectivity index (χ3v) is 4.14. The van der Waals surface area contributed by atoms with E-state index in [-0.39, 0.29) is 6.04 Å². The van der Waals surface area contributed by atoms with Crippen LogP contribution in [-0.4, -0.2) is 16.6 Å². The maximum atomic E-state index is 6.12. The van der Waals surface area contributed by atoms with Gasteiger partial charge in [-0.05, 0) is 42.5 Å². The number of nitrogens with one attached hydrogen (secondary N) is 1. The molecule has 4 nitrogen and oxygen atoms in total. The van der Waals surface area contributed by atoms with Gasteiger partial charge in [-0.15, -0.1) is 0 Å². The Labute approximate surface area is 133 Å². The van der Waals surface area contributed by atoms with E-state index in [1.165, 1.54) is 0 Å². The second-order valence-electron chi connectivity index (χ2n) is 5.25. The van der Waals surface area contributed by atoms with Gasteiger partial charge >= 0.3 is 0 Å². The highest BCUT2D eigenvalue weighted by molar-refractivity contribution is 6.30. The van der Waals surface area contributed by atoms with E-state index < -0.39 is 0 Å². The summed E-state index contributed by atoms with van der Waals surface area (Å²) in [4.78, 5) is 9.47. The minimum Gasteiger partial charge on any atom is -0.477 e. The molecule has 110 valence electrons. The number of hydrogen-bond acceptors (Lipinski definition) is 3. The molecule has 1 fully saturated rings. The van der Waals surface area contributed by atoms with Crippen LogP contribution < -0.4 is 4.90 Å². The zero-order valence-electron chi connectivity index (χ0n) is 11.8. The van der Waals surface area contributed by atoms with E-state index in [9.17, 15) is 0 Å². The van der Waals surface area contributed by atoms with Crippen molar-refractivity contribution in [3.8, 4) is 0 Å². The molecule has 2 heterocycles. The second kappa shape index (κ2) is 5.07. The summed E-state index contributed by atoms with van der Waals surface area (Å²) in [6.07, 6.45) is 1.69. The number of hydrogen-bond donors (Lipinski definition) is 1.